The molecule has 1 saturated heterocycles. The summed E-state index contributed by atoms with van der Waals surface area (Å²) in [6.45, 7) is 4.30. The molecule has 3 N–H and O–H groups in total. The highest BCUT2D eigenvalue weighted by Crippen LogP contribution is 2.20. The summed E-state index contributed by atoms with van der Waals surface area (Å²) < 4.78 is 10.4. The number of nitrogens with zero attached hydrogens (tertiary/aromatic N) is 4. The number of carbonyl (C=O) groups is 4. The number of aromatic nitrogens is 2. The van der Waals surface area contributed by atoms with Crippen molar-refractivity contribution >= 4 is 29.7 Å². The number of aliphatic carboxylic acids is 1. The Morgan fingerprint density at radius 3 is 2.38 bits per heavy atom. The van der Waals surface area contributed by atoms with Gasteiger partial charge in [-0.25, -0.2) is 14.8 Å². The molecule has 1 aromatic carbocycles. The van der Waals surface area contributed by atoms with Gasteiger partial charge in [0.15, 0.2) is 0 Å². The number of hydrogen-bond donors (Lipinski definition) is 3. The molecule has 0 bridgehead atoms. The zero-order valence-corrected chi connectivity index (χ0v) is 24.2. The summed E-state index contributed by atoms with van der Waals surface area (Å²) in [5.41, 5.74) is 1.27. The van der Waals surface area contributed by atoms with Crippen LogP contribution < -0.4 is 10.6 Å². The Balaban J connectivity index is 1.71. The average molecular weight is 585 g/mol. The summed E-state index contributed by atoms with van der Waals surface area (Å²) in [6, 6.07) is 9.86. The standard InChI is InChI=1S/C29H40N6O7/c1-3-4-8-18-42-29(40)35-16-14-34(15-17-35)28(39)22(11-12-25(36)37)32-27(38)26-31-23(21-9-6-5-7-10-21)20-24(33-26)30-13-19-41-2/h5-7,9-10,20,22H,3-4,8,11-19H2,1-2H3,(H,32,38)(H,36,37)(H,30,31,33)/t22-/m0/s1. The number of carbonyl (C=O) groups excluding carboxylic acids is 3. The largest absolute Gasteiger partial charge is 0.481 e. The fourth-order valence-corrected chi connectivity index (χ4v) is 4.36. The molecule has 1 atom stereocenters. The number of unbranched alkanes of at least 4 members (excludes halogenated alkanes) is 2. The molecular weight excluding hydrogens is 544 g/mol. The molecule has 2 heterocycles. The quantitative estimate of drug-likeness (QED) is 0.265. The number of hydrogen-bond acceptors (Lipinski definition) is 9. The van der Waals surface area contributed by atoms with Crippen LogP contribution in [0.5, 0.6) is 0 Å². The SMILES string of the molecule is CCCCCOC(=O)N1CCN(C(=O)[C@H](CCC(=O)O)NC(=O)c2nc(NCCOC)cc(-c3ccccc3)n2)CC1. The molecule has 13 nitrogen and oxygen atoms in total. The maximum absolute atomic E-state index is 13.4. The van der Waals surface area contributed by atoms with Crippen LogP contribution in [0, 0.1) is 0 Å². The summed E-state index contributed by atoms with van der Waals surface area (Å²) in [6.07, 6.45) is 1.95. The van der Waals surface area contributed by atoms with E-state index < -0.39 is 29.9 Å². The number of ether oxygens (including phenoxy) is 2. The maximum atomic E-state index is 13.4. The van der Waals surface area contributed by atoms with Gasteiger partial charge in [-0.15, -0.1) is 0 Å². The summed E-state index contributed by atoms with van der Waals surface area (Å²) in [5, 5.41) is 15.0. The van der Waals surface area contributed by atoms with E-state index in [1.165, 1.54) is 4.90 Å². The van der Waals surface area contributed by atoms with E-state index in [2.05, 4.69) is 27.5 Å². The third kappa shape index (κ3) is 9.98. The van der Waals surface area contributed by atoms with Crippen LogP contribution in [0.1, 0.15) is 49.6 Å². The van der Waals surface area contributed by atoms with Crippen LogP contribution in [0.25, 0.3) is 11.3 Å². The van der Waals surface area contributed by atoms with Crippen molar-refractivity contribution in [3.8, 4) is 11.3 Å². The topological polar surface area (TPSA) is 163 Å². The molecule has 0 unspecified atom stereocenters. The molecule has 42 heavy (non-hydrogen) atoms. The Hall–Kier alpha value is -4.26. The van der Waals surface area contributed by atoms with Crippen molar-refractivity contribution in [1.82, 2.24) is 25.1 Å². The highest BCUT2D eigenvalue weighted by molar-refractivity contribution is 5.95. The zero-order valence-electron chi connectivity index (χ0n) is 24.2. The van der Waals surface area contributed by atoms with Crippen LogP contribution in [0.2, 0.25) is 0 Å². The van der Waals surface area contributed by atoms with E-state index in [4.69, 9.17) is 9.47 Å². The third-order valence-corrected chi connectivity index (χ3v) is 6.68. The van der Waals surface area contributed by atoms with Crippen LogP contribution in [0.3, 0.4) is 0 Å². The van der Waals surface area contributed by atoms with Gasteiger partial charge in [0.05, 0.1) is 18.9 Å². The number of carboxylic acid groups (broad SMARTS) is 1. The predicted octanol–water partition coefficient (Wildman–Crippen LogP) is 2.64. The van der Waals surface area contributed by atoms with Crippen molar-refractivity contribution in [2.24, 2.45) is 0 Å². The van der Waals surface area contributed by atoms with Crippen molar-refractivity contribution < 1.29 is 33.8 Å². The molecule has 2 aromatic rings. The Morgan fingerprint density at radius 1 is 1.00 bits per heavy atom. The Morgan fingerprint density at radius 2 is 1.71 bits per heavy atom. The van der Waals surface area contributed by atoms with Gasteiger partial charge in [-0.05, 0) is 12.8 Å². The highest BCUT2D eigenvalue weighted by atomic mass is 16.6. The Bertz CT molecular complexity index is 1190. The van der Waals surface area contributed by atoms with Crippen LogP contribution in [-0.4, -0.2) is 108 Å². The second-order valence-corrected chi connectivity index (χ2v) is 9.84. The van der Waals surface area contributed by atoms with E-state index in [9.17, 15) is 24.3 Å². The monoisotopic (exact) mass is 584 g/mol. The van der Waals surface area contributed by atoms with Crippen LogP contribution in [0.15, 0.2) is 36.4 Å². The molecule has 0 aliphatic carbocycles. The summed E-state index contributed by atoms with van der Waals surface area (Å²) in [4.78, 5) is 62.3. The molecule has 1 aromatic heterocycles. The first-order chi connectivity index (χ1) is 20.3. The second kappa shape index (κ2) is 16.9. The lowest BCUT2D eigenvalue weighted by Gasteiger charge is -2.36. The Labute approximate surface area is 245 Å². The van der Waals surface area contributed by atoms with Crippen molar-refractivity contribution in [2.45, 2.75) is 45.1 Å². The van der Waals surface area contributed by atoms with E-state index in [1.807, 2.05) is 30.3 Å². The van der Waals surface area contributed by atoms with Gasteiger partial charge in [0.25, 0.3) is 5.91 Å². The number of nitrogens with one attached hydrogen (secondary N) is 2. The van der Waals surface area contributed by atoms with Crippen molar-refractivity contribution in [2.75, 3.05) is 58.4 Å². The number of benzene rings is 1. The molecule has 0 spiro atoms. The molecule has 1 aliphatic heterocycles. The van der Waals surface area contributed by atoms with E-state index in [-0.39, 0.29) is 44.8 Å². The summed E-state index contributed by atoms with van der Waals surface area (Å²) >= 11 is 0. The van der Waals surface area contributed by atoms with E-state index in [0.29, 0.717) is 31.3 Å². The van der Waals surface area contributed by atoms with Gasteiger partial charge in [0.2, 0.25) is 11.7 Å². The lowest BCUT2D eigenvalue weighted by molar-refractivity contribution is -0.138. The molecule has 3 rings (SSSR count). The molecular formula is C29H40N6O7. The van der Waals surface area contributed by atoms with E-state index in [1.54, 1.807) is 18.1 Å². The van der Waals surface area contributed by atoms with Gasteiger partial charge in [-0.2, -0.15) is 0 Å². The lowest BCUT2D eigenvalue weighted by Crippen LogP contribution is -2.56. The molecule has 1 aliphatic rings. The van der Waals surface area contributed by atoms with Crippen LogP contribution in [-0.2, 0) is 19.1 Å². The second-order valence-electron chi connectivity index (χ2n) is 9.84. The molecule has 13 heteroatoms. The van der Waals surface area contributed by atoms with Gasteiger partial charge in [0, 0.05) is 57.9 Å². The van der Waals surface area contributed by atoms with Crippen molar-refractivity contribution in [3.05, 3.63) is 42.2 Å². The first-order valence-electron chi connectivity index (χ1n) is 14.2. The molecule has 228 valence electrons. The lowest BCUT2D eigenvalue weighted by atomic mass is 10.1. The highest BCUT2D eigenvalue weighted by Gasteiger charge is 2.31. The number of carboxylic acids is 1. The molecule has 1 fully saturated rings. The smallest absolute Gasteiger partial charge is 0.409 e. The Kier molecular flexibility index (Phi) is 13.0. The molecule has 3 amide bonds. The van der Waals surface area contributed by atoms with Gasteiger partial charge >= 0.3 is 12.1 Å². The number of piperazine rings is 1. The van der Waals surface area contributed by atoms with Crippen LogP contribution >= 0.6 is 0 Å². The first-order valence-corrected chi connectivity index (χ1v) is 14.2. The minimum absolute atomic E-state index is 0.114. The number of rotatable bonds is 15. The van der Waals surface area contributed by atoms with Gasteiger partial charge in [0.1, 0.15) is 11.9 Å². The molecule has 0 saturated carbocycles. The average Bonchev–Trinajstić information content (AvgIpc) is 3.01. The number of amides is 3. The number of anilines is 1. The predicted molar refractivity (Wildman–Crippen MR) is 155 cm³/mol. The maximum Gasteiger partial charge on any atom is 0.409 e. The fraction of sp³-hybridized carbons (Fsp3) is 0.517. The van der Waals surface area contributed by atoms with Crippen molar-refractivity contribution in [1.29, 1.82) is 0 Å². The minimum Gasteiger partial charge on any atom is -0.481 e. The summed E-state index contributed by atoms with van der Waals surface area (Å²) in [7, 11) is 1.57. The van der Waals surface area contributed by atoms with E-state index in [0.717, 1.165) is 24.8 Å². The zero-order chi connectivity index (χ0) is 30.3. The van der Waals surface area contributed by atoms with Crippen LogP contribution in [0.4, 0.5) is 10.6 Å². The van der Waals surface area contributed by atoms with Gasteiger partial charge in [-0.1, -0.05) is 50.1 Å². The summed E-state index contributed by atoms with van der Waals surface area (Å²) in [5.74, 6) is -2.00. The van der Waals surface area contributed by atoms with Gasteiger partial charge in [-0.3, -0.25) is 14.4 Å². The normalized spacial score (nSPS) is 13.8. The fourth-order valence-electron chi connectivity index (χ4n) is 4.36. The van der Waals surface area contributed by atoms with Crippen molar-refractivity contribution in [3.63, 3.8) is 0 Å². The van der Waals surface area contributed by atoms with Gasteiger partial charge < -0.3 is 35.0 Å². The first kappa shape index (κ1) is 32.3. The number of methoxy groups -OCH3 is 1. The third-order valence-electron chi connectivity index (χ3n) is 6.68. The minimum atomic E-state index is -1.12. The van der Waals surface area contributed by atoms with E-state index >= 15 is 0 Å². The molecule has 0 radical (unpaired) electrons.